The summed E-state index contributed by atoms with van der Waals surface area (Å²) < 4.78 is 35.4. The molecule has 0 saturated heterocycles. The summed E-state index contributed by atoms with van der Waals surface area (Å²) in [7, 11) is -2.38. The number of benzene rings is 3. The van der Waals surface area contributed by atoms with Gasteiger partial charge in [-0.25, -0.2) is 13.1 Å². The molecular weight excluding hydrogens is 464 g/mol. The number of hydrogen-bond acceptors (Lipinski definition) is 5. The molecule has 0 radical (unpaired) electrons. The van der Waals surface area contributed by atoms with Gasteiger partial charge < -0.3 is 10.1 Å². The third kappa shape index (κ3) is 5.20. The Morgan fingerprint density at radius 3 is 2.31 bits per heavy atom. The monoisotopic (exact) mass is 490 g/mol. The standard InChI is InChI=1S/C26H26N4O4S/c1-17-9-14-22(35(32,33)29-20-10-12-21(34-4)13-11-20)16-23(17)26(31)27-24-7-5-6-8-25(24)30-19(3)15-18(2)28-30/h5-16,29H,1-4H3,(H,27,31). The highest BCUT2D eigenvalue weighted by atomic mass is 32.2. The Morgan fingerprint density at radius 2 is 1.66 bits per heavy atom. The summed E-state index contributed by atoms with van der Waals surface area (Å²) in [6.45, 7) is 5.60. The number of aryl methyl sites for hydroxylation is 3. The fraction of sp³-hybridized carbons (Fsp3) is 0.154. The summed E-state index contributed by atoms with van der Waals surface area (Å²) in [5.41, 5.74) is 4.36. The van der Waals surface area contributed by atoms with Crippen LogP contribution >= 0.6 is 0 Å². The lowest BCUT2D eigenvalue weighted by Crippen LogP contribution is -2.18. The lowest BCUT2D eigenvalue weighted by molar-refractivity contribution is 0.102. The number of hydrogen-bond donors (Lipinski definition) is 2. The van der Waals surface area contributed by atoms with Gasteiger partial charge in [-0.2, -0.15) is 5.10 Å². The fourth-order valence-electron chi connectivity index (χ4n) is 3.71. The number of nitrogens with one attached hydrogen (secondary N) is 2. The van der Waals surface area contributed by atoms with Gasteiger partial charge in [-0.1, -0.05) is 18.2 Å². The number of rotatable bonds is 7. The number of nitrogens with zero attached hydrogens (tertiary/aromatic N) is 2. The Kier molecular flexibility index (Phi) is 6.61. The van der Waals surface area contributed by atoms with Crippen LogP contribution in [0.2, 0.25) is 0 Å². The first-order valence-corrected chi connectivity index (χ1v) is 12.4. The largest absolute Gasteiger partial charge is 0.497 e. The van der Waals surface area contributed by atoms with Crippen molar-refractivity contribution >= 4 is 27.3 Å². The first kappa shape index (κ1) is 24.0. The van der Waals surface area contributed by atoms with Crippen molar-refractivity contribution in [3.8, 4) is 11.4 Å². The van der Waals surface area contributed by atoms with Crippen molar-refractivity contribution in [2.45, 2.75) is 25.7 Å². The van der Waals surface area contributed by atoms with Crippen molar-refractivity contribution in [2.24, 2.45) is 0 Å². The van der Waals surface area contributed by atoms with Crippen molar-refractivity contribution in [1.82, 2.24) is 9.78 Å². The van der Waals surface area contributed by atoms with E-state index in [0.29, 0.717) is 28.4 Å². The third-order valence-corrected chi connectivity index (χ3v) is 6.88. The van der Waals surface area contributed by atoms with Gasteiger partial charge in [0.2, 0.25) is 0 Å². The van der Waals surface area contributed by atoms with Crippen LogP contribution in [0, 0.1) is 20.8 Å². The van der Waals surface area contributed by atoms with E-state index in [-0.39, 0.29) is 10.5 Å². The van der Waals surface area contributed by atoms with E-state index in [1.807, 2.05) is 38.1 Å². The Morgan fingerprint density at radius 1 is 0.943 bits per heavy atom. The van der Waals surface area contributed by atoms with Crippen LogP contribution in [0.1, 0.15) is 27.3 Å². The molecule has 0 saturated carbocycles. The molecule has 1 aromatic heterocycles. The van der Waals surface area contributed by atoms with Crippen LogP contribution in [-0.4, -0.2) is 31.2 Å². The molecule has 0 aliphatic heterocycles. The summed E-state index contributed by atoms with van der Waals surface area (Å²) in [4.78, 5) is 13.2. The number of methoxy groups -OCH3 is 1. The maximum atomic E-state index is 13.2. The number of ether oxygens (including phenoxy) is 1. The van der Waals surface area contributed by atoms with E-state index in [4.69, 9.17) is 4.74 Å². The van der Waals surface area contributed by atoms with Gasteiger partial charge in [0.15, 0.2) is 0 Å². The highest BCUT2D eigenvalue weighted by Crippen LogP contribution is 2.25. The topological polar surface area (TPSA) is 102 Å². The zero-order valence-corrected chi connectivity index (χ0v) is 20.7. The minimum Gasteiger partial charge on any atom is -0.497 e. The molecule has 3 aromatic carbocycles. The van der Waals surface area contributed by atoms with E-state index >= 15 is 0 Å². The SMILES string of the molecule is COc1ccc(NS(=O)(=O)c2ccc(C)c(C(=O)Nc3ccccc3-n3nc(C)cc3C)c2)cc1. The molecule has 4 rings (SSSR count). The number of sulfonamides is 1. The van der Waals surface area contributed by atoms with Crippen LogP contribution in [0.5, 0.6) is 5.75 Å². The number of carbonyl (C=O) groups is 1. The molecule has 0 fully saturated rings. The van der Waals surface area contributed by atoms with Gasteiger partial charge in [0, 0.05) is 16.9 Å². The van der Waals surface area contributed by atoms with Crippen LogP contribution < -0.4 is 14.8 Å². The van der Waals surface area contributed by atoms with Crippen LogP contribution in [0.3, 0.4) is 0 Å². The van der Waals surface area contributed by atoms with Gasteiger partial charge >= 0.3 is 0 Å². The third-order valence-electron chi connectivity index (χ3n) is 5.50. The molecular formula is C26H26N4O4S. The molecule has 0 aliphatic rings. The molecule has 0 atom stereocenters. The van der Waals surface area contributed by atoms with E-state index in [1.165, 1.54) is 19.2 Å². The highest BCUT2D eigenvalue weighted by molar-refractivity contribution is 7.92. The molecule has 1 amide bonds. The summed E-state index contributed by atoms with van der Waals surface area (Å²) in [6, 6.07) is 20.3. The quantitative estimate of drug-likeness (QED) is 0.385. The molecule has 9 heteroatoms. The van der Waals surface area contributed by atoms with Gasteiger partial charge in [-0.05, 0) is 80.9 Å². The lowest BCUT2D eigenvalue weighted by Gasteiger charge is -2.14. The number of carbonyl (C=O) groups excluding carboxylic acids is 1. The average Bonchev–Trinajstić information content (AvgIpc) is 3.17. The van der Waals surface area contributed by atoms with Crippen LogP contribution in [-0.2, 0) is 10.0 Å². The van der Waals surface area contributed by atoms with E-state index in [0.717, 1.165) is 11.4 Å². The normalized spacial score (nSPS) is 11.2. The number of anilines is 2. The second-order valence-electron chi connectivity index (χ2n) is 8.12. The molecule has 180 valence electrons. The molecule has 8 nitrogen and oxygen atoms in total. The molecule has 35 heavy (non-hydrogen) atoms. The van der Waals surface area contributed by atoms with Gasteiger partial charge in [0.05, 0.1) is 29.1 Å². The molecule has 0 bridgehead atoms. The number of amides is 1. The molecule has 1 heterocycles. The average molecular weight is 491 g/mol. The Hall–Kier alpha value is -4.11. The highest BCUT2D eigenvalue weighted by Gasteiger charge is 2.20. The smallest absolute Gasteiger partial charge is 0.261 e. The maximum absolute atomic E-state index is 13.2. The van der Waals surface area contributed by atoms with Crippen molar-refractivity contribution in [1.29, 1.82) is 0 Å². The van der Waals surface area contributed by atoms with Crippen LogP contribution in [0.15, 0.2) is 77.7 Å². The van der Waals surface area contributed by atoms with Gasteiger partial charge in [0.25, 0.3) is 15.9 Å². The fourth-order valence-corrected chi connectivity index (χ4v) is 4.80. The Balaban J connectivity index is 1.62. The van der Waals surface area contributed by atoms with Crippen molar-refractivity contribution in [3.05, 3.63) is 95.3 Å². The molecule has 0 aliphatic carbocycles. The van der Waals surface area contributed by atoms with E-state index < -0.39 is 15.9 Å². The van der Waals surface area contributed by atoms with Crippen LogP contribution in [0.4, 0.5) is 11.4 Å². The summed E-state index contributed by atoms with van der Waals surface area (Å²) >= 11 is 0. The second-order valence-corrected chi connectivity index (χ2v) is 9.80. The zero-order valence-electron chi connectivity index (χ0n) is 19.9. The Bertz CT molecular complexity index is 1490. The maximum Gasteiger partial charge on any atom is 0.261 e. The number of aromatic nitrogens is 2. The molecule has 4 aromatic rings. The van der Waals surface area contributed by atoms with E-state index in [9.17, 15) is 13.2 Å². The first-order valence-electron chi connectivity index (χ1n) is 10.9. The minimum atomic E-state index is -3.92. The van der Waals surface area contributed by atoms with E-state index in [1.54, 1.807) is 48.0 Å². The van der Waals surface area contributed by atoms with Crippen molar-refractivity contribution in [3.63, 3.8) is 0 Å². The molecule has 0 unspecified atom stereocenters. The zero-order chi connectivity index (χ0) is 25.2. The van der Waals surface area contributed by atoms with Gasteiger partial charge in [-0.3, -0.25) is 9.52 Å². The predicted molar refractivity (Wildman–Crippen MR) is 136 cm³/mol. The summed E-state index contributed by atoms with van der Waals surface area (Å²) in [5, 5.41) is 7.42. The first-order chi connectivity index (χ1) is 16.7. The number of para-hydroxylation sites is 2. The minimum absolute atomic E-state index is 0.0177. The lowest BCUT2D eigenvalue weighted by atomic mass is 10.1. The van der Waals surface area contributed by atoms with Crippen molar-refractivity contribution < 1.29 is 17.9 Å². The molecule has 0 spiro atoms. The van der Waals surface area contributed by atoms with E-state index in [2.05, 4.69) is 15.1 Å². The second kappa shape index (κ2) is 9.63. The van der Waals surface area contributed by atoms with Crippen LogP contribution in [0.25, 0.3) is 5.69 Å². The van der Waals surface area contributed by atoms with Crippen molar-refractivity contribution in [2.75, 3.05) is 17.1 Å². The summed E-state index contributed by atoms with van der Waals surface area (Å²) in [6.07, 6.45) is 0. The van der Waals surface area contributed by atoms with Gasteiger partial charge in [-0.15, -0.1) is 0 Å². The Labute approximate surface area is 204 Å². The predicted octanol–water partition coefficient (Wildman–Crippen LogP) is 4.86. The summed E-state index contributed by atoms with van der Waals surface area (Å²) in [5.74, 6) is 0.195. The van der Waals surface area contributed by atoms with Gasteiger partial charge in [0.1, 0.15) is 5.75 Å². The molecule has 2 N–H and O–H groups in total.